The van der Waals surface area contributed by atoms with Crippen molar-refractivity contribution in [1.29, 1.82) is 0 Å². The SMILES string of the molecule is COC(=O)C(CCN)c1cn[nH]c1. The highest BCUT2D eigenvalue weighted by molar-refractivity contribution is 5.77. The molecule has 13 heavy (non-hydrogen) atoms. The van der Waals surface area contributed by atoms with Crippen LogP contribution >= 0.6 is 0 Å². The molecular formula is C8H13N3O2. The molecule has 1 aromatic heterocycles. The van der Waals surface area contributed by atoms with Gasteiger partial charge < -0.3 is 10.5 Å². The van der Waals surface area contributed by atoms with Gasteiger partial charge in [-0.3, -0.25) is 9.89 Å². The van der Waals surface area contributed by atoms with Crippen LogP contribution in [0, 0.1) is 0 Å². The summed E-state index contributed by atoms with van der Waals surface area (Å²) >= 11 is 0. The molecule has 0 aliphatic heterocycles. The van der Waals surface area contributed by atoms with Crippen molar-refractivity contribution < 1.29 is 9.53 Å². The second kappa shape index (κ2) is 4.61. The Balaban J connectivity index is 2.74. The predicted molar refractivity (Wildman–Crippen MR) is 47.0 cm³/mol. The van der Waals surface area contributed by atoms with Gasteiger partial charge in [0.05, 0.1) is 19.2 Å². The van der Waals surface area contributed by atoms with Crippen molar-refractivity contribution in [3.8, 4) is 0 Å². The smallest absolute Gasteiger partial charge is 0.313 e. The molecule has 0 spiro atoms. The second-order valence-electron chi connectivity index (χ2n) is 2.68. The van der Waals surface area contributed by atoms with Crippen molar-refractivity contribution in [3.63, 3.8) is 0 Å². The molecule has 0 saturated heterocycles. The number of nitrogens with zero attached hydrogens (tertiary/aromatic N) is 1. The Morgan fingerprint density at radius 3 is 3.08 bits per heavy atom. The zero-order valence-electron chi connectivity index (χ0n) is 7.49. The van der Waals surface area contributed by atoms with Gasteiger partial charge in [-0.05, 0) is 13.0 Å². The Labute approximate surface area is 76.3 Å². The maximum absolute atomic E-state index is 11.3. The van der Waals surface area contributed by atoms with E-state index in [2.05, 4.69) is 14.9 Å². The van der Waals surface area contributed by atoms with Gasteiger partial charge in [0.15, 0.2) is 0 Å². The number of carbonyl (C=O) groups excluding carboxylic acids is 1. The number of rotatable bonds is 4. The van der Waals surface area contributed by atoms with E-state index in [0.717, 1.165) is 5.56 Å². The molecule has 1 unspecified atom stereocenters. The molecule has 1 rings (SSSR count). The standard InChI is InChI=1S/C8H13N3O2/c1-13-8(12)7(2-3-9)6-4-10-11-5-6/h4-5,7H,2-3,9H2,1H3,(H,10,11). The average molecular weight is 183 g/mol. The van der Waals surface area contributed by atoms with Crippen LogP contribution in [0.5, 0.6) is 0 Å². The number of hydrogen-bond donors (Lipinski definition) is 2. The fraction of sp³-hybridized carbons (Fsp3) is 0.500. The molecule has 5 nitrogen and oxygen atoms in total. The maximum atomic E-state index is 11.3. The van der Waals surface area contributed by atoms with Crippen LogP contribution in [0.25, 0.3) is 0 Å². The van der Waals surface area contributed by atoms with Crippen molar-refractivity contribution in [3.05, 3.63) is 18.0 Å². The van der Waals surface area contributed by atoms with Gasteiger partial charge in [-0.15, -0.1) is 0 Å². The van der Waals surface area contributed by atoms with E-state index >= 15 is 0 Å². The number of nitrogens with one attached hydrogen (secondary N) is 1. The highest BCUT2D eigenvalue weighted by Gasteiger charge is 2.20. The summed E-state index contributed by atoms with van der Waals surface area (Å²) in [6.07, 6.45) is 3.86. The number of esters is 1. The number of ether oxygens (including phenoxy) is 1. The fourth-order valence-electron chi connectivity index (χ4n) is 1.18. The van der Waals surface area contributed by atoms with E-state index in [1.807, 2.05) is 0 Å². The lowest BCUT2D eigenvalue weighted by molar-refractivity contribution is -0.142. The van der Waals surface area contributed by atoms with Crippen molar-refractivity contribution in [2.24, 2.45) is 5.73 Å². The molecule has 0 radical (unpaired) electrons. The molecule has 1 heterocycles. The number of aromatic nitrogens is 2. The minimum absolute atomic E-state index is 0.271. The van der Waals surface area contributed by atoms with E-state index in [4.69, 9.17) is 5.73 Å². The van der Waals surface area contributed by atoms with E-state index in [9.17, 15) is 4.79 Å². The van der Waals surface area contributed by atoms with Gasteiger partial charge in [-0.2, -0.15) is 5.10 Å². The number of methoxy groups -OCH3 is 1. The highest BCUT2D eigenvalue weighted by atomic mass is 16.5. The van der Waals surface area contributed by atoms with E-state index in [1.54, 1.807) is 12.4 Å². The van der Waals surface area contributed by atoms with Crippen LogP contribution in [0.15, 0.2) is 12.4 Å². The molecule has 0 saturated carbocycles. The topological polar surface area (TPSA) is 81.0 Å². The van der Waals surface area contributed by atoms with Gasteiger partial charge in [0, 0.05) is 11.8 Å². The van der Waals surface area contributed by atoms with Crippen LogP contribution in [0.4, 0.5) is 0 Å². The minimum atomic E-state index is -0.297. The van der Waals surface area contributed by atoms with E-state index < -0.39 is 0 Å². The minimum Gasteiger partial charge on any atom is -0.469 e. The average Bonchev–Trinajstić information content (AvgIpc) is 2.65. The summed E-state index contributed by atoms with van der Waals surface area (Å²) in [7, 11) is 1.37. The molecule has 0 aliphatic carbocycles. The van der Waals surface area contributed by atoms with Crippen molar-refractivity contribution >= 4 is 5.97 Å². The maximum Gasteiger partial charge on any atom is 0.313 e. The number of H-pyrrole nitrogens is 1. The first-order chi connectivity index (χ1) is 6.29. The van der Waals surface area contributed by atoms with Crippen LogP contribution in [-0.4, -0.2) is 29.8 Å². The molecule has 72 valence electrons. The summed E-state index contributed by atoms with van der Waals surface area (Å²) in [5.74, 6) is -0.569. The zero-order chi connectivity index (χ0) is 9.68. The van der Waals surface area contributed by atoms with Gasteiger partial charge in [0.2, 0.25) is 0 Å². The third-order valence-corrected chi connectivity index (χ3v) is 1.86. The third kappa shape index (κ3) is 2.29. The lowest BCUT2D eigenvalue weighted by Gasteiger charge is -2.10. The van der Waals surface area contributed by atoms with Gasteiger partial charge >= 0.3 is 5.97 Å². The van der Waals surface area contributed by atoms with Crippen LogP contribution in [0.2, 0.25) is 0 Å². The zero-order valence-corrected chi connectivity index (χ0v) is 7.49. The van der Waals surface area contributed by atoms with Crippen molar-refractivity contribution in [2.75, 3.05) is 13.7 Å². The Morgan fingerprint density at radius 2 is 2.62 bits per heavy atom. The van der Waals surface area contributed by atoms with Crippen LogP contribution in [0.3, 0.4) is 0 Å². The lowest BCUT2D eigenvalue weighted by atomic mass is 9.99. The Bertz CT molecular complexity index is 258. The number of carbonyl (C=O) groups is 1. The normalized spacial score (nSPS) is 12.5. The summed E-state index contributed by atoms with van der Waals surface area (Å²) in [5.41, 5.74) is 6.21. The molecule has 0 aliphatic rings. The van der Waals surface area contributed by atoms with Crippen LogP contribution < -0.4 is 5.73 Å². The van der Waals surface area contributed by atoms with Gasteiger partial charge in [-0.25, -0.2) is 0 Å². The Morgan fingerprint density at radius 1 is 1.85 bits per heavy atom. The highest BCUT2D eigenvalue weighted by Crippen LogP contribution is 2.18. The summed E-state index contributed by atoms with van der Waals surface area (Å²) in [4.78, 5) is 11.3. The number of nitrogens with two attached hydrogens (primary N) is 1. The molecule has 0 bridgehead atoms. The molecule has 0 aromatic carbocycles. The quantitative estimate of drug-likeness (QED) is 0.644. The summed E-state index contributed by atoms with van der Waals surface area (Å²) in [6, 6.07) is 0. The number of aromatic amines is 1. The molecule has 1 atom stereocenters. The van der Waals surface area contributed by atoms with Crippen LogP contribution in [0.1, 0.15) is 17.9 Å². The number of hydrogen-bond acceptors (Lipinski definition) is 4. The first-order valence-corrected chi connectivity index (χ1v) is 4.06. The summed E-state index contributed by atoms with van der Waals surface area (Å²) in [6.45, 7) is 0.449. The second-order valence-corrected chi connectivity index (χ2v) is 2.68. The van der Waals surface area contributed by atoms with Gasteiger partial charge in [0.1, 0.15) is 0 Å². The lowest BCUT2D eigenvalue weighted by Crippen LogP contribution is -2.17. The summed E-state index contributed by atoms with van der Waals surface area (Å²) < 4.78 is 4.65. The largest absolute Gasteiger partial charge is 0.469 e. The van der Waals surface area contributed by atoms with Crippen molar-refractivity contribution in [2.45, 2.75) is 12.3 Å². The van der Waals surface area contributed by atoms with Gasteiger partial charge in [0.25, 0.3) is 0 Å². The molecule has 1 aromatic rings. The first kappa shape index (κ1) is 9.73. The van der Waals surface area contributed by atoms with Gasteiger partial charge in [-0.1, -0.05) is 0 Å². The summed E-state index contributed by atoms with van der Waals surface area (Å²) in [5, 5.41) is 6.42. The van der Waals surface area contributed by atoms with Crippen LogP contribution in [-0.2, 0) is 9.53 Å². The van der Waals surface area contributed by atoms with E-state index in [0.29, 0.717) is 13.0 Å². The third-order valence-electron chi connectivity index (χ3n) is 1.86. The molecule has 3 N–H and O–H groups in total. The van der Waals surface area contributed by atoms with E-state index in [1.165, 1.54) is 7.11 Å². The Hall–Kier alpha value is -1.36. The predicted octanol–water partition coefficient (Wildman–Crippen LogP) is 0.0151. The molecule has 0 amide bonds. The molecule has 5 heteroatoms. The Kier molecular flexibility index (Phi) is 3.45. The fourth-order valence-corrected chi connectivity index (χ4v) is 1.18. The van der Waals surface area contributed by atoms with Crippen molar-refractivity contribution in [1.82, 2.24) is 10.2 Å². The van der Waals surface area contributed by atoms with E-state index in [-0.39, 0.29) is 11.9 Å². The first-order valence-electron chi connectivity index (χ1n) is 4.06. The molecule has 0 fully saturated rings. The molecular weight excluding hydrogens is 170 g/mol. The monoisotopic (exact) mass is 183 g/mol.